The number of nitrogens with zero attached hydrogens (tertiary/aromatic N) is 2. The molecule has 8 heteroatoms. The van der Waals surface area contributed by atoms with Crippen LogP contribution in [0, 0.1) is 0 Å². The molecule has 0 unspecified atom stereocenters. The van der Waals surface area contributed by atoms with Gasteiger partial charge in [0.15, 0.2) is 15.5 Å². The maximum atomic E-state index is 12.9. The second-order valence-corrected chi connectivity index (χ2v) is 8.40. The van der Waals surface area contributed by atoms with Crippen LogP contribution in [-0.4, -0.2) is 30.7 Å². The second-order valence-electron chi connectivity index (χ2n) is 6.44. The number of hydrogen-bond donors (Lipinski definition) is 1. The Morgan fingerprint density at radius 3 is 2.68 bits per heavy atom. The van der Waals surface area contributed by atoms with Crippen molar-refractivity contribution >= 4 is 21.4 Å². The minimum atomic E-state index is -3.55. The average molecular weight is 397 g/mol. The molecule has 1 aromatic heterocycles. The van der Waals surface area contributed by atoms with E-state index < -0.39 is 15.7 Å². The summed E-state index contributed by atoms with van der Waals surface area (Å²) in [4.78, 5) is 13.2. The van der Waals surface area contributed by atoms with Crippen LogP contribution >= 0.6 is 0 Å². The van der Waals surface area contributed by atoms with Crippen molar-refractivity contribution < 1.29 is 17.9 Å². The number of rotatable bonds is 4. The quantitative estimate of drug-likeness (QED) is 0.731. The summed E-state index contributed by atoms with van der Waals surface area (Å²) >= 11 is 0. The number of sulfone groups is 1. The van der Waals surface area contributed by atoms with E-state index in [1.54, 1.807) is 54.2 Å². The number of amides is 1. The first kappa shape index (κ1) is 18.2. The molecule has 4 rings (SSSR count). The van der Waals surface area contributed by atoms with Gasteiger partial charge in [-0.15, -0.1) is 0 Å². The van der Waals surface area contributed by atoms with E-state index in [4.69, 9.17) is 4.74 Å². The predicted octanol–water partition coefficient (Wildman–Crippen LogP) is 3.03. The molecule has 28 heavy (non-hydrogen) atoms. The van der Waals surface area contributed by atoms with E-state index in [1.165, 1.54) is 0 Å². The topological polar surface area (TPSA) is 90.3 Å². The second kappa shape index (κ2) is 6.79. The van der Waals surface area contributed by atoms with E-state index in [-0.39, 0.29) is 16.3 Å². The first-order chi connectivity index (χ1) is 13.4. The van der Waals surface area contributed by atoms with Crippen LogP contribution in [0.25, 0.3) is 11.3 Å². The number of carbonyl (C=O) groups excluding carboxylic acids is 1. The molecule has 0 aliphatic carbocycles. The highest BCUT2D eigenvalue weighted by molar-refractivity contribution is 7.90. The number of anilines is 1. The summed E-state index contributed by atoms with van der Waals surface area (Å²) in [7, 11) is -1.84. The molecule has 2 heterocycles. The van der Waals surface area contributed by atoms with Crippen molar-refractivity contribution in [2.75, 3.05) is 11.9 Å². The van der Waals surface area contributed by atoms with E-state index in [1.807, 2.05) is 13.0 Å². The van der Waals surface area contributed by atoms with Crippen molar-refractivity contribution in [3.05, 3.63) is 59.8 Å². The molecule has 3 aromatic rings. The minimum absolute atomic E-state index is 0.0990. The fraction of sp³-hybridized carbons (Fsp3) is 0.200. The van der Waals surface area contributed by atoms with Crippen LogP contribution in [-0.2, 0) is 22.6 Å². The summed E-state index contributed by atoms with van der Waals surface area (Å²) in [5.74, 6) is -0.192. The SMILES string of the molecule is CCOc1ccccc1NC(=O)c1nn(C)c2c1CS(=O)(=O)c1ccccc1-2. The normalized spacial score (nSPS) is 14.1. The van der Waals surface area contributed by atoms with Gasteiger partial charge in [-0.05, 0) is 25.1 Å². The van der Waals surface area contributed by atoms with E-state index >= 15 is 0 Å². The Morgan fingerprint density at radius 2 is 1.89 bits per heavy atom. The molecule has 0 fully saturated rings. The molecule has 0 bridgehead atoms. The molecule has 144 valence electrons. The van der Waals surface area contributed by atoms with E-state index in [0.29, 0.717) is 34.9 Å². The first-order valence-corrected chi connectivity index (χ1v) is 10.5. The Balaban J connectivity index is 1.78. The van der Waals surface area contributed by atoms with Crippen molar-refractivity contribution in [1.29, 1.82) is 0 Å². The monoisotopic (exact) mass is 397 g/mol. The number of carbonyl (C=O) groups is 1. The number of benzene rings is 2. The highest BCUT2D eigenvalue weighted by Gasteiger charge is 2.34. The molecule has 1 aliphatic rings. The molecule has 2 aromatic carbocycles. The summed E-state index contributed by atoms with van der Waals surface area (Å²) < 4.78 is 32.6. The molecular formula is C20H19N3O4S. The molecule has 7 nitrogen and oxygen atoms in total. The van der Waals surface area contributed by atoms with Crippen molar-refractivity contribution in [2.24, 2.45) is 7.05 Å². The number of hydrogen-bond acceptors (Lipinski definition) is 5. The van der Waals surface area contributed by atoms with Crippen molar-refractivity contribution in [3.63, 3.8) is 0 Å². The summed E-state index contributed by atoms with van der Waals surface area (Å²) in [6.45, 7) is 2.32. The molecule has 0 saturated heterocycles. The smallest absolute Gasteiger partial charge is 0.276 e. The van der Waals surface area contributed by atoms with Gasteiger partial charge in [0.05, 0.1) is 28.6 Å². The highest BCUT2D eigenvalue weighted by atomic mass is 32.2. The molecule has 0 spiro atoms. The van der Waals surface area contributed by atoms with Gasteiger partial charge in [0.25, 0.3) is 5.91 Å². The molecule has 0 saturated carbocycles. The Morgan fingerprint density at radius 1 is 1.18 bits per heavy atom. The van der Waals surface area contributed by atoms with Crippen molar-refractivity contribution in [2.45, 2.75) is 17.6 Å². The maximum absolute atomic E-state index is 12.9. The lowest BCUT2D eigenvalue weighted by Gasteiger charge is -2.18. The molecule has 1 N–H and O–H groups in total. The molecule has 1 aliphatic heterocycles. The molecular weight excluding hydrogens is 378 g/mol. The van der Waals surface area contributed by atoms with Gasteiger partial charge in [-0.3, -0.25) is 9.48 Å². The van der Waals surface area contributed by atoms with Crippen LogP contribution in [0.3, 0.4) is 0 Å². The number of fused-ring (bicyclic) bond motifs is 3. The fourth-order valence-corrected chi connectivity index (χ4v) is 5.05. The van der Waals surface area contributed by atoms with Crippen LogP contribution in [0.5, 0.6) is 5.75 Å². The lowest BCUT2D eigenvalue weighted by atomic mass is 10.1. The first-order valence-electron chi connectivity index (χ1n) is 8.83. The number of aryl methyl sites for hydroxylation is 1. The summed E-state index contributed by atoms with van der Waals surface area (Å²) in [5.41, 5.74) is 2.23. The standard InChI is InChI=1S/C20H19N3O4S/c1-3-27-16-10-6-5-9-15(16)21-20(24)18-14-12-28(25,26)17-11-7-4-8-13(17)19(14)23(2)22-18/h4-11H,3,12H2,1-2H3,(H,21,24). The minimum Gasteiger partial charge on any atom is -0.492 e. The van der Waals surface area contributed by atoms with Crippen molar-refractivity contribution in [3.8, 4) is 17.0 Å². The van der Waals surface area contributed by atoms with Gasteiger partial charge in [0.1, 0.15) is 5.75 Å². The third-order valence-electron chi connectivity index (χ3n) is 4.61. The Labute approximate surface area is 162 Å². The Kier molecular flexibility index (Phi) is 4.43. The van der Waals surface area contributed by atoms with Gasteiger partial charge >= 0.3 is 0 Å². The van der Waals surface area contributed by atoms with Crippen LogP contribution in [0.4, 0.5) is 5.69 Å². The van der Waals surface area contributed by atoms with Gasteiger partial charge in [-0.25, -0.2) is 8.42 Å². The average Bonchev–Trinajstić information content (AvgIpc) is 2.99. The maximum Gasteiger partial charge on any atom is 0.276 e. The van der Waals surface area contributed by atoms with Gasteiger partial charge in [0.2, 0.25) is 0 Å². The molecule has 0 radical (unpaired) electrons. The van der Waals surface area contributed by atoms with E-state index in [2.05, 4.69) is 10.4 Å². The highest BCUT2D eigenvalue weighted by Crippen LogP contribution is 2.39. The fourth-order valence-electron chi connectivity index (χ4n) is 3.46. The predicted molar refractivity (Wildman–Crippen MR) is 105 cm³/mol. The van der Waals surface area contributed by atoms with E-state index in [9.17, 15) is 13.2 Å². The van der Waals surface area contributed by atoms with Crippen LogP contribution in [0.1, 0.15) is 23.0 Å². The van der Waals surface area contributed by atoms with Gasteiger partial charge in [0, 0.05) is 18.2 Å². The largest absolute Gasteiger partial charge is 0.492 e. The van der Waals surface area contributed by atoms with Gasteiger partial charge in [-0.2, -0.15) is 5.10 Å². The number of para-hydroxylation sites is 2. The summed E-state index contributed by atoms with van der Waals surface area (Å²) in [6, 6.07) is 13.9. The van der Waals surface area contributed by atoms with Crippen LogP contribution in [0.2, 0.25) is 0 Å². The Hall–Kier alpha value is -3.13. The molecule has 1 amide bonds. The van der Waals surface area contributed by atoms with Gasteiger partial charge < -0.3 is 10.1 Å². The van der Waals surface area contributed by atoms with Gasteiger partial charge in [-0.1, -0.05) is 30.3 Å². The summed E-state index contributed by atoms with van der Waals surface area (Å²) in [5, 5.41) is 7.12. The number of aromatic nitrogens is 2. The zero-order valence-electron chi connectivity index (χ0n) is 15.5. The third-order valence-corrected chi connectivity index (χ3v) is 6.30. The van der Waals surface area contributed by atoms with E-state index in [0.717, 1.165) is 0 Å². The lowest BCUT2D eigenvalue weighted by Crippen LogP contribution is -2.18. The third kappa shape index (κ3) is 2.95. The zero-order chi connectivity index (χ0) is 19.9. The van der Waals surface area contributed by atoms with Crippen LogP contribution < -0.4 is 10.1 Å². The Bertz CT molecular complexity index is 1180. The zero-order valence-corrected chi connectivity index (χ0v) is 16.3. The molecule has 0 atom stereocenters. The summed E-state index contributed by atoms with van der Waals surface area (Å²) in [6.07, 6.45) is 0. The lowest BCUT2D eigenvalue weighted by molar-refractivity contribution is 0.102. The number of ether oxygens (including phenoxy) is 1. The van der Waals surface area contributed by atoms with Crippen LogP contribution in [0.15, 0.2) is 53.4 Å². The number of nitrogens with one attached hydrogen (secondary N) is 1. The van der Waals surface area contributed by atoms with Crippen molar-refractivity contribution in [1.82, 2.24) is 9.78 Å².